The first kappa shape index (κ1) is 17.1. The number of aromatic amines is 1. The van der Waals surface area contributed by atoms with Crippen LogP contribution in [0, 0.1) is 12.8 Å². The van der Waals surface area contributed by atoms with Crippen LogP contribution in [0.3, 0.4) is 0 Å². The van der Waals surface area contributed by atoms with Crippen molar-refractivity contribution in [3.63, 3.8) is 0 Å². The second kappa shape index (κ2) is 6.64. The van der Waals surface area contributed by atoms with Crippen molar-refractivity contribution < 1.29 is 4.79 Å². The van der Waals surface area contributed by atoms with E-state index in [0.717, 1.165) is 31.5 Å². The average Bonchev–Trinajstić information content (AvgIpc) is 2.84. The Labute approximate surface area is 145 Å². The van der Waals surface area contributed by atoms with Gasteiger partial charge in [0.15, 0.2) is 0 Å². The van der Waals surface area contributed by atoms with E-state index in [1.54, 1.807) is 0 Å². The first-order chi connectivity index (χ1) is 11.4. The molecule has 2 aromatic rings. The summed E-state index contributed by atoms with van der Waals surface area (Å²) >= 11 is 1.34. The van der Waals surface area contributed by atoms with E-state index in [9.17, 15) is 9.59 Å². The fourth-order valence-corrected chi connectivity index (χ4v) is 4.29. The predicted octanol–water partition coefficient (Wildman–Crippen LogP) is 2.23. The number of H-pyrrole nitrogens is 1. The molecule has 0 saturated carbocycles. The normalized spacial score (nSPS) is 16.3. The molecule has 0 atom stereocenters. The van der Waals surface area contributed by atoms with Crippen LogP contribution >= 0.6 is 11.3 Å². The zero-order valence-electron chi connectivity index (χ0n) is 14.7. The monoisotopic (exact) mass is 348 g/mol. The third-order valence-electron chi connectivity index (χ3n) is 4.58. The van der Waals surface area contributed by atoms with E-state index in [1.165, 1.54) is 11.3 Å². The highest BCUT2D eigenvalue weighted by Crippen LogP contribution is 2.29. The largest absolute Gasteiger partial charge is 0.338 e. The number of aryl methyl sites for hydroxylation is 1. The van der Waals surface area contributed by atoms with Gasteiger partial charge < -0.3 is 14.8 Å². The van der Waals surface area contributed by atoms with Gasteiger partial charge >= 0.3 is 0 Å². The molecule has 0 spiro atoms. The summed E-state index contributed by atoms with van der Waals surface area (Å²) < 4.78 is 0. The lowest BCUT2D eigenvalue weighted by molar-refractivity contribution is 0.0701. The van der Waals surface area contributed by atoms with Crippen LogP contribution in [0.25, 0.3) is 10.2 Å². The summed E-state index contributed by atoms with van der Waals surface area (Å²) in [4.78, 5) is 37.8. The van der Waals surface area contributed by atoms with Crippen LogP contribution in [-0.2, 0) is 6.54 Å². The maximum Gasteiger partial charge on any atom is 0.264 e. The molecule has 0 unspecified atom stereocenters. The molecule has 1 N–H and O–H groups in total. The van der Waals surface area contributed by atoms with Gasteiger partial charge in [0.2, 0.25) is 0 Å². The highest BCUT2D eigenvalue weighted by atomic mass is 32.1. The SMILES string of the molecule is Cc1c(C(=O)N2CCC(C)CC2)sc2nc(CN(C)C)[nH]c(=O)c12. The molecule has 1 fully saturated rings. The van der Waals surface area contributed by atoms with Gasteiger partial charge in [-0.1, -0.05) is 6.92 Å². The number of piperidine rings is 1. The van der Waals surface area contributed by atoms with Gasteiger partial charge in [-0.15, -0.1) is 11.3 Å². The Morgan fingerprint density at radius 3 is 2.67 bits per heavy atom. The molecule has 1 aliphatic heterocycles. The van der Waals surface area contributed by atoms with E-state index in [0.29, 0.717) is 33.4 Å². The molecule has 3 rings (SSSR count). The molecule has 1 aliphatic rings. The zero-order chi connectivity index (χ0) is 17.4. The standard InChI is InChI=1S/C17H24N4O2S/c1-10-5-7-21(8-6-10)17(23)14-11(2)13-15(22)18-12(9-20(3)4)19-16(13)24-14/h10H,5-9H2,1-4H3,(H,18,19,22). The number of fused-ring (bicyclic) bond motifs is 1. The minimum absolute atomic E-state index is 0.0379. The molecule has 7 heteroatoms. The number of carbonyl (C=O) groups is 1. The van der Waals surface area contributed by atoms with Crippen LogP contribution in [0.2, 0.25) is 0 Å². The van der Waals surface area contributed by atoms with Gasteiger partial charge in [-0.3, -0.25) is 9.59 Å². The molecular formula is C17H24N4O2S. The molecule has 0 aromatic carbocycles. The molecule has 6 nitrogen and oxygen atoms in total. The van der Waals surface area contributed by atoms with Crippen LogP contribution in [0.5, 0.6) is 0 Å². The van der Waals surface area contributed by atoms with Crippen LogP contribution in [0.1, 0.15) is 40.8 Å². The van der Waals surface area contributed by atoms with E-state index in [-0.39, 0.29) is 11.5 Å². The van der Waals surface area contributed by atoms with E-state index in [1.807, 2.05) is 30.8 Å². The average molecular weight is 348 g/mol. The molecule has 3 heterocycles. The van der Waals surface area contributed by atoms with Gasteiger partial charge in [-0.25, -0.2) is 4.98 Å². The Morgan fingerprint density at radius 2 is 2.04 bits per heavy atom. The number of hydrogen-bond acceptors (Lipinski definition) is 5. The van der Waals surface area contributed by atoms with Gasteiger partial charge in [0.25, 0.3) is 11.5 Å². The lowest BCUT2D eigenvalue weighted by atomic mass is 9.99. The molecule has 0 radical (unpaired) electrons. The molecule has 130 valence electrons. The van der Waals surface area contributed by atoms with Gasteiger partial charge in [0.05, 0.1) is 16.8 Å². The first-order valence-electron chi connectivity index (χ1n) is 8.33. The second-order valence-corrected chi connectivity index (χ2v) is 7.96. The minimum atomic E-state index is -0.156. The van der Waals surface area contributed by atoms with Gasteiger partial charge in [0.1, 0.15) is 10.7 Å². The maximum absolute atomic E-state index is 12.9. The lowest BCUT2D eigenvalue weighted by Crippen LogP contribution is -2.37. The first-order valence-corrected chi connectivity index (χ1v) is 9.14. The zero-order valence-corrected chi connectivity index (χ0v) is 15.5. The number of hydrogen-bond donors (Lipinski definition) is 1. The number of nitrogens with one attached hydrogen (secondary N) is 1. The summed E-state index contributed by atoms with van der Waals surface area (Å²) in [6.45, 7) is 6.23. The van der Waals surface area contributed by atoms with E-state index in [4.69, 9.17) is 0 Å². The highest BCUT2D eigenvalue weighted by molar-refractivity contribution is 7.20. The van der Waals surface area contributed by atoms with E-state index < -0.39 is 0 Å². The Balaban J connectivity index is 1.97. The second-order valence-electron chi connectivity index (χ2n) is 6.96. The summed E-state index contributed by atoms with van der Waals surface area (Å²) in [6, 6.07) is 0. The van der Waals surface area contributed by atoms with Gasteiger partial charge in [-0.2, -0.15) is 0 Å². The summed E-state index contributed by atoms with van der Waals surface area (Å²) in [7, 11) is 3.85. The van der Waals surface area contributed by atoms with Crippen molar-refractivity contribution in [1.29, 1.82) is 0 Å². The Kier molecular flexibility index (Phi) is 4.73. The summed E-state index contributed by atoms with van der Waals surface area (Å²) in [6.07, 6.45) is 2.09. The van der Waals surface area contributed by atoms with Crippen molar-refractivity contribution in [2.45, 2.75) is 33.2 Å². The molecular weight excluding hydrogens is 324 g/mol. The van der Waals surface area contributed by atoms with Crippen LogP contribution in [0.4, 0.5) is 0 Å². The van der Waals surface area contributed by atoms with E-state index >= 15 is 0 Å². The number of likely N-dealkylation sites (tertiary alicyclic amines) is 1. The number of thiophene rings is 1. The predicted molar refractivity (Wildman–Crippen MR) is 96.7 cm³/mol. The number of nitrogens with zero attached hydrogens (tertiary/aromatic N) is 3. The Hall–Kier alpha value is -1.73. The fraction of sp³-hybridized carbons (Fsp3) is 0.588. The van der Waals surface area contributed by atoms with E-state index in [2.05, 4.69) is 16.9 Å². The van der Waals surface area contributed by atoms with Crippen molar-refractivity contribution >= 4 is 27.5 Å². The number of aromatic nitrogens is 2. The Bertz CT molecular complexity index is 816. The van der Waals surface area contributed by atoms with Crippen molar-refractivity contribution in [2.75, 3.05) is 27.2 Å². The molecule has 24 heavy (non-hydrogen) atoms. The molecule has 0 bridgehead atoms. The van der Waals surface area contributed by atoms with Crippen LogP contribution in [-0.4, -0.2) is 52.9 Å². The third-order valence-corrected chi connectivity index (χ3v) is 5.75. The van der Waals surface area contributed by atoms with Crippen LogP contribution in [0.15, 0.2) is 4.79 Å². The topological polar surface area (TPSA) is 69.3 Å². The van der Waals surface area contributed by atoms with Crippen LogP contribution < -0.4 is 5.56 Å². The minimum Gasteiger partial charge on any atom is -0.338 e. The fourth-order valence-electron chi connectivity index (χ4n) is 3.12. The lowest BCUT2D eigenvalue weighted by Gasteiger charge is -2.30. The van der Waals surface area contributed by atoms with Gasteiger partial charge in [-0.05, 0) is 45.3 Å². The maximum atomic E-state index is 12.9. The van der Waals surface area contributed by atoms with Crippen molar-refractivity contribution in [3.05, 3.63) is 26.6 Å². The number of rotatable bonds is 3. The smallest absolute Gasteiger partial charge is 0.264 e. The van der Waals surface area contributed by atoms with Gasteiger partial charge in [0, 0.05) is 13.1 Å². The third kappa shape index (κ3) is 3.23. The molecule has 1 amide bonds. The number of carbonyl (C=O) groups excluding carboxylic acids is 1. The van der Waals surface area contributed by atoms with Crippen molar-refractivity contribution in [2.24, 2.45) is 5.92 Å². The molecule has 0 aliphatic carbocycles. The summed E-state index contributed by atoms with van der Waals surface area (Å²) in [5, 5.41) is 0.552. The quantitative estimate of drug-likeness (QED) is 0.923. The van der Waals surface area contributed by atoms with Crippen molar-refractivity contribution in [3.8, 4) is 0 Å². The summed E-state index contributed by atoms with van der Waals surface area (Å²) in [5.74, 6) is 1.34. The summed E-state index contributed by atoms with van der Waals surface area (Å²) in [5.41, 5.74) is 0.598. The van der Waals surface area contributed by atoms with Crippen molar-refractivity contribution in [1.82, 2.24) is 19.8 Å². The Morgan fingerprint density at radius 1 is 1.38 bits per heavy atom. The molecule has 1 saturated heterocycles. The highest BCUT2D eigenvalue weighted by Gasteiger charge is 2.26. The molecule has 2 aromatic heterocycles. The number of amides is 1.